The van der Waals surface area contributed by atoms with Crippen LogP contribution in [0.5, 0.6) is 0 Å². The average Bonchev–Trinajstić information content (AvgIpc) is 3.15. The fourth-order valence-electron chi connectivity index (χ4n) is 3.91. The average molecular weight is 299 g/mol. The molecule has 22 heavy (non-hydrogen) atoms. The Hall–Kier alpha value is -2.14. The van der Waals surface area contributed by atoms with Crippen molar-refractivity contribution in [3.05, 3.63) is 42.0 Å². The van der Waals surface area contributed by atoms with Crippen molar-refractivity contribution in [3.63, 3.8) is 0 Å². The van der Waals surface area contributed by atoms with E-state index in [1.807, 2.05) is 30.3 Å². The number of carboxylic acid groups (broad SMARTS) is 1. The van der Waals surface area contributed by atoms with Crippen molar-refractivity contribution in [2.24, 2.45) is 11.8 Å². The number of fused-ring (bicyclic) bond motifs is 1. The number of benzene rings is 1. The Bertz CT molecular complexity index is 680. The quantitative estimate of drug-likeness (QED) is 0.861. The lowest BCUT2D eigenvalue weighted by Crippen LogP contribution is -2.39. The molecule has 0 saturated carbocycles. The van der Waals surface area contributed by atoms with Gasteiger partial charge >= 0.3 is 5.97 Å². The number of aliphatic carboxylic acids is 1. The molecule has 3 heterocycles. The van der Waals surface area contributed by atoms with Gasteiger partial charge in [0.25, 0.3) is 0 Å². The summed E-state index contributed by atoms with van der Waals surface area (Å²) >= 11 is 0. The highest BCUT2D eigenvalue weighted by Gasteiger charge is 2.67. The fraction of sp³-hybridized carbons (Fsp3) is 0.412. The number of carbonyl (C=O) groups is 2. The SMILES string of the molecule is CCc1ccc(N2C[C@]34C=C[C@@H](O3)[C@H](C(=O)O)[C@@H]4C2=O)cc1. The predicted octanol–water partition coefficient (Wildman–Crippen LogP) is 1.62. The van der Waals surface area contributed by atoms with Crippen molar-refractivity contribution in [1.29, 1.82) is 0 Å². The first-order valence-corrected chi connectivity index (χ1v) is 7.56. The van der Waals surface area contributed by atoms with Crippen molar-refractivity contribution in [1.82, 2.24) is 0 Å². The molecule has 5 nitrogen and oxygen atoms in total. The maximum absolute atomic E-state index is 12.8. The first-order valence-electron chi connectivity index (χ1n) is 7.56. The number of carbonyl (C=O) groups excluding carboxylic acids is 1. The van der Waals surface area contributed by atoms with Crippen LogP contribution in [0, 0.1) is 11.8 Å². The van der Waals surface area contributed by atoms with Gasteiger partial charge in [-0.15, -0.1) is 0 Å². The molecule has 114 valence electrons. The first kappa shape index (κ1) is 13.5. The summed E-state index contributed by atoms with van der Waals surface area (Å²) < 4.78 is 5.87. The van der Waals surface area contributed by atoms with Crippen LogP contribution >= 0.6 is 0 Å². The van der Waals surface area contributed by atoms with E-state index in [0.717, 1.165) is 12.1 Å². The lowest BCUT2D eigenvalue weighted by atomic mass is 9.77. The second kappa shape index (κ2) is 4.43. The summed E-state index contributed by atoms with van der Waals surface area (Å²) in [7, 11) is 0. The number of carboxylic acids is 1. The molecule has 2 fully saturated rings. The predicted molar refractivity (Wildman–Crippen MR) is 79.5 cm³/mol. The minimum absolute atomic E-state index is 0.150. The first-order chi connectivity index (χ1) is 10.6. The maximum Gasteiger partial charge on any atom is 0.310 e. The van der Waals surface area contributed by atoms with Crippen LogP contribution in [0.3, 0.4) is 0 Å². The Balaban J connectivity index is 1.70. The lowest BCUT2D eigenvalue weighted by Gasteiger charge is -2.21. The Morgan fingerprint density at radius 1 is 1.41 bits per heavy atom. The topological polar surface area (TPSA) is 66.8 Å². The largest absolute Gasteiger partial charge is 0.481 e. The third kappa shape index (κ3) is 1.63. The van der Waals surface area contributed by atoms with Crippen LogP contribution in [0.2, 0.25) is 0 Å². The van der Waals surface area contributed by atoms with Crippen molar-refractivity contribution in [3.8, 4) is 0 Å². The molecule has 4 rings (SSSR count). The van der Waals surface area contributed by atoms with E-state index in [0.29, 0.717) is 6.54 Å². The van der Waals surface area contributed by atoms with E-state index >= 15 is 0 Å². The van der Waals surface area contributed by atoms with Gasteiger partial charge in [0, 0.05) is 5.69 Å². The summed E-state index contributed by atoms with van der Waals surface area (Å²) in [6.07, 6.45) is 4.12. The van der Waals surface area contributed by atoms with Crippen LogP contribution in [0.1, 0.15) is 12.5 Å². The molecule has 1 spiro atoms. The van der Waals surface area contributed by atoms with Crippen molar-refractivity contribution < 1.29 is 19.4 Å². The molecule has 1 aromatic carbocycles. The minimum atomic E-state index is -0.960. The van der Waals surface area contributed by atoms with E-state index in [1.165, 1.54) is 5.56 Å². The van der Waals surface area contributed by atoms with Gasteiger partial charge < -0.3 is 14.7 Å². The van der Waals surface area contributed by atoms with Crippen LogP contribution in [0.25, 0.3) is 0 Å². The van der Waals surface area contributed by atoms with Gasteiger partial charge in [-0.25, -0.2) is 0 Å². The van der Waals surface area contributed by atoms with Crippen molar-refractivity contribution >= 4 is 17.6 Å². The molecule has 0 aromatic heterocycles. The van der Waals surface area contributed by atoms with Crippen LogP contribution in [-0.4, -0.2) is 35.2 Å². The van der Waals surface area contributed by atoms with Gasteiger partial charge in [0.2, 0.25) is 5.91 Å². The number of amides is 1. The Kier molecular flexibility index (Phi) is 2.72. The highest BCUT2D eigenvalue weighted by molar-refractivity contribution is 6.02. The summed E-state index contributed by atoms with van der Waals surface area (Å²) in [5.74, 6) is -2.51. The Morgan fingerprint density at radius 2 is 2.14 bits per heavy atom. The van der Waals surface area contributed by atoms with Crippen molar-refractivity contribution in [2.45, 2.75) is 25.0 Å². The normalized spacial score (nSPS) is 35.2. The number of hydrogen-bond acceptors (Lipinski definition) is 3. The summed E-state index contributed by atoms with van der Waals surface area (Å²) in [6, 6.07) is 7.83. The molecule has 0 unspecified atom stereocenters. The monoisotopic (exact) mass is 299 g/mol. The van der Waals surface area contributed by atoms with Gasteiger partial charge in [0.1, 0.15) is 11.5 Å². The molecule has 4 atom stereocenters. The van der Waals surface area contributed by atoms with Crippen LogP contribution in [0.4, 0.5) is 5.69 Å². The minimum Gasteiger partial charge on any atom is -0.481 e. The van der Waals surface area contributed by atoms with E-state index in [9.17, 15) is 14.7 Å². The zero-order valence-corrected chi connectivity index (χ0v) is 12.2. The fourth-order valence-corrected chi connectivity index (χ4v) is 3.91. The van der Waals surface area contributed by atoms with Crippen LogP contribution in [-0.2, 0) is 20.7 Å². The smallest absolute Gasteiger partial charge is 0.310 e. The van der Waals surface area contributed by atoms with E-state index < -0.39 is 29.5 Å². The van der Waals surface area contributed by atoms with Crippen LogP contribution < -0.4 is 4.90 Å². The molecule has 1 N–H and O–H groups in total. The molecular weight excluding hydrogens is 282 g/mol. The molecule has 5 heteroatoms. The second-order valence-electron chi connectivity index (χ2n) is 6.18. The second-order valence-corrected chi connectivity index (χ2v) is 6.18. The molecule has 2 bridgehead atoms. The summed E-state index contributed by atoms with van der Waals surface area (Å²) in [6.45, 7) is 2.47. The third-order valence-corrected chi connectivity index (χ3v) is 5.04. The van der Waals surface area contributed by atoms with E-state index in [2.05, 4.69) is 6.92 Å². The van der Waals surface area contributed by atoms with E-state index in [4.69, 9.17) is 4.74 Å². The van der Waals surface area contributed by atoms with Crippen molar-refractivity contribution in [2.75, 3.05) is 11.4 Å². The number of hydrogen-bond donors (Lipinski definition) is 1. The van der Waals surface area contributed by atoms with E-state index in [-0.39, 0.29) is 5.91 Å². The van der Waals surface area contributed by atoms with Crippen LogP contribution in [0.15, 0.2) is 36.4 Å². The number of nitrogens with zero attached hydrogens (tertiary/aromatic N) is 1. The van der Waals surface area contributed by atoms with Gasteiger partial charge in [0.05, 0.1) is 18.6 Å². The summed E-state index contributed by atoms with van der Waals surface area (Å²) in [5.41, 5.74) is 1.23. The summed E-state index contributed by atoms with van der Waals surface area (Å²) in [4.78, 5) is 26.0. The third-order valence-electron chi connectivity index (χ3n) is 5.04. The molecule has 0 radical (unpaired) electrons. The molecule has 2 saturated heterocycles. The highest BCUT2D eigenvalue weighted by atomic mass is 16.5. The lowest BCUT2D eigenvalue weighted by molar-refractivity contribution is -0.146. The van der Waals surface area contributed by atoms with Gasteiger partial charge in [-0.05, 0) is 24.1 Å². The zero-order valence-electron chi connectivity index (χ0n) is 12.2. The molecule has 3 aliphatic heterocycles. The van der Waals surface area contributed by atoms with Gasteiger partial charge in [0.15, 0.2) is 0 Å². The Labute approximate surface area is 128 Å². The molecule has 1 amide bonds. The number of rotatable bonds is 3. The standard InChI is InChI=1S/C17H17NO4/c1-2-10-3-5-11(6-4-10)18-9-17-8-7-12(22-17)13(16(20)21)14(17)15(18)19/h3-8,12-14H,2,9H2,1H3,(H,20,21)/t12-,13+,14-,17+/m1/s1. The van der Waals surface area contributed by atoms with Gasteiger partial charge in [-0.2, -0.15) is 0 Å². The van der Waals surface area contributed by atoms with Gasteiger partial charge in [-0.3, -0.25) is 9.59 Å². The molecular formula is C17H17NO4. The number of aryl methyl sites for hydroxylation is 1. The van der Waals surface area contributed by atoms with E-state index in [1.54, 1.807) is 11.0 Å². The molecule has 1 aromatic rings. The molecule has 0 aliphatic carbocycles. The zero-order chi connectivity index (χ0) is 15.5. The molecule has 3 aliphatic rings. The Morgan fingerprint density at radius 3 is 2.77 bits per heavy atom. The number of ether oxygens (including phenoxy) is 1. The highest BCUT2D eigenvalue weighted by Crippen LogP contribution is 2.52. The maximum atomic E-state index is 12.8. The number of anilines is 1. The van der Waals surface area contributed by atoms with Gasteiger partial charge in [-0.1, -0.05) is 31.2 Å². The summed E-state index contributed by atoms with van der Waals surface area (Å²) in [5, 5.41) is 9.44.